The van der Waals surface area contributed by atoms with E-state index in [1.54, 1.807) is 0 Å². The zero-order valence-corrected chi connectivity index (χ0v) is 12.2. The van der Waals surface area contributed by atoms with E-state index in [0.29, 0.717) is 12.2 Å². The van der Waals surface area contributed by atoms with Gasteiger partial charge in [-0.15, -0.1) is 0 Å². The van der Waals surface area contributed by atoms with Crippen molar-refractivity contribution in [3.05, 3.63) is 0 Å². The van der Waals surface area contributed by atoms with E-state index in [1.807, 2.05) is 0 Å². The SMILES string of the molecule is CCNCC1CCC(CN2CCCC(CC)C2)O1. The summed E-state index contributed by atoms with van der Waals surface area (Å²) in [7, 11) is 0. The molecule has 2 heterocycles. The number of piperidine rings is 1. The van der Waals surface area contributed by atoms with E-state index in [1.165, 1.54) is 51.7 Å². The Kier molecular flexibility index (Phi) is 5.93. The number of ether oxygens (including phenoxy) is 1. The molecule has 0 amide bonds. The standard InChI is InChI=1S/C15H30N2O/c1-3-13-6-5-9-17(11-13)12-15-8-7-14(18-15)10-16-4-2/h13-16H,3-12H2,1-2H3. The van der Waals surface area contributed by atoms with E-state index in [2.05, 4.69) is 24.1 Å². The van der Waals surface area contributed by atoms with Crippen LogP contribution in [0.4, 0.5) is 0 Å². The fourth-order valence-corrected chi connectivity index (χ4v) is 3.31. The molecule has 0 bridgehead atoms. The second-order valence-corrected chi connectivity index (χ2v) is 5.94. The molecule has 0 radical (unpaired) electrons. The number of hydrogen-bond acceptors (Lipinski definition) is 3. The van der Waals surface area contributed by atoms with Crippen molar-refractivity contribution in [3.8, 4) is 0 Å². The quantitative estimate of drug-likeness (QED) is 0.787. The van der Waals surface area contributed by atoms with Crippen molar-refractivity contribution in [3.63, 3.8) is 0 Å². The maximum Gasteiger partial charge on any atom is 0.0707 e. The summed E-state index contributed by atoms with van der Waals surface area (Å²) >= 11 is 0. The van der Waals surface area contributed by atoms with Crippen molar-refractivity contribution < 1.29 is 4.74 Å². The second-order valence-electron chi connectivity index (χ2n) is 5.94. The van der Waals surface area contributed by atoms with Crippen molar-refractivity contribution in [1.82, 2.24) is 10.2 Å². The molecule has 0 aromatic heterocycles. The zero-order chi connectivity index (χ0) is 12.8. The molecule has 3 unspecified atom stereocenters. The Morgan fingerprint density at radius 2 is 2.00 bits per heavy atom. The number of hydrogen-bond donors (Lipinski definition) is 1. The van der Waals surface area contributed by atoms with Gasteiger partial charge >= 0.3 is 0 Å². The molecule has 3 nitrogen and oxygen atoms in total. The summed E-state index contributed by atoms with van der Waals surface area (Å²) in [5.74, 6) is 0.928. The minimum atomic E-state index is 0.460. The van der Waals surface area contributed by atoms with Crippen molar-refractivity contribution in [1.29, 1.82) is 0 Å². The largest absolute Gasteiger partial charge is 0.372 e. The van der Waals surface area contributed by atoms with E-state index in [-0.39, 0.29) is 0 Å². The van der Waals surface area contributed by atoms with Crippen LogP contribution in [0.5, 0.6) is 0 Å². The van der Waals surface area contributed by atoms with Gasteiger partial charge in [0.15, 0.2) is 0 Å². The summed E-state index contributed by atoms with van der Waals surface area (Å²) in [5.41, 5.74) is 0. The summed E-state index contributed by atoms with van der Waals surface area (Å²) < 4.78 is 6.13. The van der Waals surface area contributed by atoms with E-state index in [9.17, 15) is 0 Å². The molecule has 0 aromatic carbocycles. The molecule has 2 fully saturated rings. The van der Waals surface area contributed by atoms with Crippen molar-refractivity contribution in [2.24, 2.45) is 5.92 Å². The predicted octanol–water partition coefficient (Wildman–Crippen LogP) is 2.27. The molecule has 0 aromatic rings. The normalized spacial score (nSPS) is 34.0. The second kappa shape index (κ2) is 7.46. The van der Waals surface area contributed by atoms with Gasteiger partial charge in [0.25, 0.3) is 0 Å². The van der Waals surface area contributed by atoms with Gasteiger partial charge in [0.1, 0.15) is 0 Å². The Bertz CT molecular complexity index is 235. The van der Waals surface area contributed by atoms with Gasteiger partial charge in [-0.05, 0) is 44.7 Å². The summed E-state index contributed by atoms with van der Waals surface area (Å²) in [5, 5.41) is 3.39. The van der Waals surface area contributed by atoms with Crippen LogP contribution in [0.25, 0.3) is 0 Å². The zero-order valence-electron chi connectivity index (χ0n) is 12.2. The lowest BCUT2D eigenvalue weighted by Crippen LogP contribution is -2.40. The monoisotopic (exact) mass is 254 g/mol. The summed E-state index contributed by atoms with van der Waals surface area (Å²) in [4.78, 5) is 2.64. The summed E-state index contributed by atoms with van der Waals surface area (Å²) in [6.07, 6.45) is 7.59. The third kappa shape index (κ3) is 4.22. The molecule has 2 aliphatic rings. The number of nitrogens with one attached hydrogen (secondary N) is 1. The fraction of sp³-hybridized carbons (Fsp3) is 1.00. The van der Waals surface area contributed by atoms with Crippen LogP contribution in [-0.2, 0) is 4.74 Å². The first-order chi connectivity index (χ1) is 8.81. The van der Waals surface area contributed by atoms with E-state index >= 15 is 0 Å². The third-order valence-electron chi connectivity index (χ3n) is 4.46. The summed E-state index contributed by atoms with van der Waals surface area (Å²) in [6.45, 7) is 10.3. The Labute approximate surface area is 112 Å². The average Bonchev–Trinajstić information content (AvgIpc) is 2.84. The molecule has 0 aliphatic carbocycles. The van der Waals surface area contributed by atoms with Crippen molar-refractivity contribution in [2.75, 3.05) is 32.7 Å². The van der Waals surface area contributed by atoms with Crippen LogP contribution in [0, 0.1) is 5.92 Å². The maximum atomic E-state index is 6.13. The fourth-order valence-electron chi connectivity index (χ4n) is 3.31. The van der Waals surface area contributed by atoms with E-state index in [4.69, 9.17) is 4.74 Å². The van der Waals surface area contributed by atoms with Crippen molar-refractivity contribution in [2.45, 2.75) is 58.2 Å². The molecular weight excluding hydrogens is 224 g/mol. The van der Waals surface area contributed by atoms with Gasteiger partial charge in [0, 0.05) is 19.6 Å². The molecule has 3 heteroatoms. The van der Waals surface area contributed by atoms with Crippen LogP contribution < -0.4 is 5.32 Å². The van der Waals surface area contributed by atoms with Gasteiger partial charge in [-0.1, -0.05) is 20.3 Å². The maximum absolute atomic E-state index is 6.13. The average molecular weight is 254 g/mol. The lowest BCUT2D eigenvalue weighted by molar-refractivity contribution is 0.0149. The molecule has 18 heavy (non-hydrogen) atoms. The van der Waals surface area contributed by atoms with Gasteiger partial charge in [-0.25, -0.2) is 0 Å². The van der Waals surface area contributed by atoms with Gasteiger partial charge in [0.2, 0.25) is 0 Å². The first kappa shape index (κ1) is 14.3. The molecule has 106 valence electrons. The van der Waals surface area contributed by atoms with Gasteiger partial charge < -0.3 is 15.0 Å². The van der Waals surface area contributed by atoms with Crippen LogP contribution in [0.2, 0.25) is 0 Å². The lowest BCUT2D eigenvalue weighted by Gasteiger charge is -2.33. The first-order valence-corrected chi connectivity index (χ1v) is 7.90. The highest BCUT2D eigenvalue weighted by molar-refractivity contribution is 4.80. The highest BCUT2D eigenvalue weighted by atomic mass is 16.5. The van der Waals surface area contributed by atoms with Gasteiger partial charge in [-0.3, -0.25) is 0 Å². The highest BCUT2D eigenvalue weighted by Crippen LogP contribution is 2.24. The number of rotatable bonds is 6. The topological polar surface area (TPSA) is 24.5 Å². The van der Waals surface area contributed by atoms with Crippen LogP contribution in [0.1, 0.15) is 46.0 Å². The Hall–Kier alpha value is -0.120. The van der Waals surface area contributed by atoms with E-state index < -0.39 is 0 Å². The van der Waals surface area contributed by atoms with Gasteiger partial charge in [0.05, 0.1) is 12.2 Å². The molecule has 2 rings (SSSR count). The molecule has 0 saturated carbocycles. The Balaban J connectivity index is 1.67. The van der Waals surface area contributed by atoms with Crippen LogP contribution in [0.3, 0.4) is 0 Å². The molecule has 2 saturated heterocycles. The minimum Gasteiger partial charge on any atom is -0.372 e. The highest BCUT2D eigenvalue weighted by Gasteiger charge is 2.28. The predicted molar refractivity (Wildman–Crippen MR) is 75.9 cm³/mol. The summed E-state index contributed by atoms with van der Waals surface area (Å²) in [6, 6.07) is 0. The Morgan fingerprint density at radius 1 is 1.17 bits per heavy atom. The number of nitrogens with zero attached hydrogens (tertiary/aromatic N) is 1. The lowest BCUT2D eigenvalue weighted by atomic mass is 9.95. The van der Waals surface area contributed by atoms with Gasteiger partial charge in [-0.2, -0.15) is 0 Å². The van der Waals surface area contributed by atoms with Crippen LogP contribution in [-0.4, -0.2) is 49.8 Å². The third-order valence-corrected chi connectivity index (χ3v) is 4.46. The number of likely N-dealkylation sites (tertiary alicyclic amines) is 1. The smallest absolute Gasteiger partial charge is 0.0707 e. The minimum absolute atomic E-state index is 0.460. The van der Waals surface area contributed by atoms with Crippen LogP contribution in [0.15, 0.2) is 0 Å². The Morgan fingerprint density at radius 3 is 2.78 bits per heavy atom. The molecular formula is C15H30N2O. The number of likely N-dealkylation sites (N-methyl/N-ethyl adjacent to an activating group) is 1. The van der Waals surface area contributed by atoms with E-state index in [0.717, 1.165) is 19.0 Å². The first-order valence-electron chi connectivity index (χ1n) is 7.90. The van der Waals surface area contributed by atoms with Crippen molar-refractivity contribution >= 4 is 0 Å². The molecule has 3 atom stereocenters. The molecule has 2 aliphatic heterocycles. The van der Waals surface area contributed by atoms with Crippen LogP contribution >= 0.6 is 0 Å². The molecule has 0 spiro atoms. The molecule has 1 N–H and O–H groups in total.